The first kappa shape index (κ1) is 24.8. The molecule has 0 radical (unpaired) electrons. The van der Waals surface area contributed by atoms with Crippen molar-refractivity contribution in [1.29, 1.82) is 0 Å². The zero-order valence-electron chi connectivity index (χ0n) is 18.2. The molecule has 1 aliphatic heterocycles. The normalized spacial score (nSPS) is 13.4. The summed E-state index contributed by atoms with van der Waals surface area (Å²) in [6.45, 7) is 3.07. The number of hydrogen-bond donors (Lipinski definition) is 3. The van der Waals surface area contributed by atoms with Crippen molar-refractivity contribution in [2.75, 3.05) is 39.1 Å². The molecule has 1 aliphatic rings. The van der Waals surface area contributed by atoms with Gasteiger partial charge in [0.25, 0.3) is 0 Å². The molecule has 3 rings (SSSR count). The number of likely N-dealkylation sites (tertiary alicyclic amines) is 1. The molecular weight excluding hydrogens is 505 g/mol. The van der Waals surface area contributed by atoms with Crippen LogP contribution in [0.15, 0.2) is 53.5 Å². The van der Waals surface area contributed by atoms with Gasteiger partial charge < -0.3 is 25.6 Å². The minimum absolute atomic E-state index is 0. The summed E-state index contributed by atoms with van der Waals surface area (Å²) in [7, 11) is 3.43. The zero-order chi connectivity index (χ0) is 21.2. The highest BCUT2D eigenvalue weighted by atomic mass is 127. The van der Waals surface area contributed by atoms with E-state index in [-0.39, 0.29) is 30.0 Å². The average Bonchev–Trinajstić information content (AvgIpc) is 3.32. The lowest BCUT2D eigenvalue weighted by Crippen LogP contribution is -2.37. The van der Waals surface area contributed by atoms with Gasteiger partial charge in [0.05, 0.1) is 7.11 Å². The van der Waals surface area contributed by atoms with E-state index in [1.807, 2.05) is 41.3 Å². The van der Waals surface area contributed by atoms with E-state index >= 15 is 0 Å². The Bertz CT molecular complexity index is 851. The first-order valence-corrected chi connectivity index (χ1v) is 10.4. The minimum Gasteiger partial charge on any atom is -0.497 e. The number of aliphatic imine (C=N–C) groups is 1. The van der Waals surface area contributed by atoms with Crippen LogP contribution in [0.2, 0.25) is 0 Å². The number of anilines is 1. The van der Waals surface area contributed by atoms with Gasteiger partial charge in [-0.25, -0.2) is 4.79 Å². The van der Waals surface area contributed by atoms with Crippen molar-refractivity contribution in [3.05, 3.63) is 59.7 Å². The molecule has 2 aromatic carbocycles. The van der Waals surface area contributed by atoms with Gasteiger partial charge in [0.15, 0.2) is 5.96 Å². The molecule has 0 aromatic heterocycles. The predicted octanol–water partition coefficient (Wildman–Crippen LogP) is 3.85. The van der Waals surface area contributed by atoms with Crippen LogP contribution in [0.25, 0.3) is 0 Å². The number of ether oxygens (including phenoxy) is 1. The Kier molecular flexibility index (Phi) is 10.4. The Morgan fingerprint density at radius 2 is 1.81 bits per heavy atom. The van der Waals surface area contributed by atoms with Crippen molar-refractivity contribution in [3.63, 3.8) is 0 Å². The molecule has 1 fully saturated rings. The number of guanidine groups is 1. The van der Waals surface area contributed by atoms with E-state index in [1.54, 1.807) is 14.2 Å². The van der Waals surface area contributed by atoms with Crippen molar-refractivity contribution in [1.82, 2.24) is 15.5 Å². The molecule has 0 atom stereocenters. The smallest absolute Gasteiger partial charge is 0.321 e. The zero-order valence-corrected chi connectivity index (χ0v) is 20.5. The van der Waals surface area contributed by atoms with Crippen molar-refractivity contribution >= 4 is 41.7 Å². The molecular formula is C23H32IN5O2. The first-order chi connectivity index (χ1) is 14.7. The molecule has 0 spiro atoms. The Morgan fingerprint density at radius 3 is 2.48 bits per heavy atom. The molecule has 0 aliphatic carbocycles. The van der Waals surface area contributed by atoms with Gasteiger partial charge in [-0.2, -0.15) is 0 Å². The van der Waals surface area contributed by atoms with Crippen LogP contribution in [0.3, 0.4) is 0 Å². The van der Waals surface area contributed by atoms with Gasteiger partial charge in [-0.15, -0.1) is 24.0 Å². The van der Waals surface area contributed by atoms with Crippen molar-refractivity contribution in [3.8, 4) is 5.75 Å². The van der Waals surface area contributed by atoms with Crippen LogP contribution in [0, 0.1) is 0 Å². The molecule has 0 bridgehead atoms. The summed E-state index contributed by atoms with van der Waals surface area (Å²) in [5.41, 5.74) is 3.13. The second kappa shape index (κ2) is 13.0. The van der Waals surface area contributed by atoms with Crippen LogP contribution in [0.1, 0.15) is 24.0 Å². The molecule has 0 unspecified atom stereocenters. The number of carbonyl (C=O) groups excluding carboxylic acids is 1. The van der Waals surface area contributed by atoms with Crippen molar-refractivity contribution in [2.24, 2.45) is 4.99 Å². The van der Waals surface area contributed by atoms with E-state index in [1.165, 1.54) is 5.56 Å². The second-order valence-electron chi connectivity index (χ2n) is 7.28. The lowest BCUT2D eigenvalue weighted by molar-refractivity contribution is 0.222. The molecule has 31 heavy (non-hydrogen) atoms. The standard InChI is InChI=1S/C23H31N5O2.HI/c1-24-22(25-13-12-18-8-10-21(30-2)11-9-18)26-17-19-6-5-7-20(16-19)27-23(29)28-14-3-4-15-28;/h5-11,16H,3-4,12-15,17H2,1-2H3,(H,27,29)(H2,24,25,26);1H. The maximum atomic E-state index is 12.3. The fourth-order valence-corrected chi connectivity index (χ4v) is 3.41. The number of nitrogens with one attached hydrogen (secondary N) is 3. The Hall–Kier alpha value is -2.49. The summed E-state index contributed by atoms with van der Waals surface area (Å²) in [5, 5.41) is 9.64. The number of benzene rings is 2. The summed E-state index contributed by atoms with van der Waals surface area (Å²) < 4.78 is 5.19. The molecule has 0 saturated carbocycles. The monoisotopic (exact) mass is 537 g/mol. The summed E-state index contributed by atoms with van der Waals surface area (Å²) in [4.78, 5) is 18.4. The van der Waals surface area contributed by atoms with Crippen LogP contribution >= 0.6 is 24.0 Å². The van der Waals surface area contributed by atoms with Crippen molar-refractivity contribution < 1.29 is 9.53 Å². The van der Waals surface area contributed by atoms with Gasteiger partial charge in [0, 0.05) is 38.9 Å². The third kappa shape index (κ3) is 7.93. The van der Waals surface area contributed by atoms with E-state index < -0.39 is 0 Å². The Labute approximate surface area is 201 Å². The molecule has 1 saturated heterocycles. The number of halogens is 1. The molecule has 3 N–H and O–H groups in total. The van der Waals surface area contributed by atoms with Gasteiger partial charge >= 0.3 is 6.03 Å². The lowest BCUT2D eigenvalue weighted by Gasteiger charge is -2.17. The topological polar surface area (TPSA) is 78.0 Å². The van der Waals surface area contributed by atoms with Gasteiger partial charge in [-0.3, -0.25) is 4.99 Å². The molecule has 168 valence electrons. The Balaban J connectivity index is 0.00000341. The summed E-state index contributed by atoms with van der Waals surface area (Å²) in [6, 6.07) is 16.0. The molecule has 1 heterocycles. The number of methoxy groups -OCH3 is 1. The largest absolute Gasteiger partial charge is 0.497 e. The van der Waals surface area contributed by atoms with Gasteiger partial charge in [-0.05, 0) is 54.7 Å². The third-order valence-corrected chi connectivity index (χ3v) is 5.12. The fourth-order valence-electron chi connectivity index (χ4n) is 3.41. The van der Waals surface area contributed by atoms with Gasteiger partial charge in [0.1, 0.15) is 5.75 Å². The van der Waals surface area contributed by atoms with Crippen LogP contribution in [-0.4, -0.2) is 50.7 Å². The number of hydrogen-bond acceptors (Lipinski definition) is 3. The van der Waals surface area contributed by atoms with Gasteiger partial charge in [0.2, 0.25) is 0 Å². The molecule has 8 heteroatoms. The second-order valence-corrected chi connectivity index (χ2v) is 7.28. The molecule has 2 aromatic rings. The number of nitrogens with zero attached hydrogens (tertiary/aromatic N) is 2. The highest BCUT2D eigenvalue weighted by Gasteiger charge is 2.17. The summed E-state index contributed by atoms with van der Waals surface area (Å²) >= 11 is 0. The number of amides is 2. The molecule has 7 nitrogen and oxygen atoms in total. The van der Waals surface area contributed by atoms with E-state index in [2.05, 4.69) is 33.1 Å². The minimum atomic E-state index is -0.0198. The summed E-state index contributed by atoms with van der Waals surface area (Å²) in [6.07, 6.45) is 3.06. The average molecular weight is 537 g/mol. The van der Waals surface area contributed by atoms with Crippen LogP contribution in [0.5, 0.6) is 5.75 Å². The first-order valence-electron chi connectivity index (χ1n) is 10.4. The van der Waals surface area contributed by atoms with Gasteiger partial charge in [-0.1, -0.05) is 24.3 Å². The maximum absolute atomic E-state index is 12.3. The van der Waals surface area contributed by atoms with Crippen LogP contribution in [-0.2, 0) is 13.0 Å². The van der Waals surface area contributed by atoms with Crippen LogP contribution in [0.4, 0.5) is 10.5 Å². The molecule has 2 amide bonds. The van der Waals surface area contributed by atoms with E-state index in [0.717, 1.165) is 61.9 Å². The number of carbonyl (C=O) groups is 1. The van der Waals surface area contributed by atoms with Crippen LogP contribution < -0.4 is 20.7 Å². The lowest BCUT2D eigenvalue weighted by atomic mass is 10.1. The summed E-state index contributed by atoms with van der Waals surface area (Å²) in [5.74, 6) is 1.61. The highest BCUT2D eigenvalue weighted by Crippen LogP contribution is 2.14. The third-order valence-electron chi connectivity index (χ3n) is 5.12. The quantitative estimate of drug-likeness (QED) is 0.285. The van der Waals surface area contributed by atoms with Crippen molar-refractivity contribution in [2.45, 2.75) is 25.8 Å². The SMILES string of the molecule is CN=C(NCCc1ccc(OC)cc1)NCc1cccc(NC(=O)N2CCCC2)c1.I. The number of rotatable bonds is 7. The highest BCUT2D eigenvalue weighted by molar-refractivity contribution is 14.0. The number of urea groups is 1. The van der Waals surface area contributed by atoms with E-state index in [4.69, 9.17) is 4.74 Å². The maximum Gasteiger partial charge on any atom is 0.321 e. The predicted molar refractivity (Wildman–Crippen MR) is 137 cm³/mol. The van der Waals surface area contributed by atoms with E-state index in [9.17, 15) is 4.79 Å². The Morgan fingerprint density at radius 1 is 1.06 bits per heavy atom. The van der Waals surface area contributed by atoms with E-state index in [0.29, 0.717) is 6.54 Å². The fraction of sp³-hybridized carbons (Fsp3) is 0.391.